The molecule has 4 atom stereocenters. The number of carbonyl (C=O) groups is 3. The zero-order valence-electron chi connectivity index (χ0n) is 19.7. The Hall–Kier alpha value is -3.48. The van der Waals surface area contributed by atoms with Gasteiger partial charge in [0.15, 0.2) is 5.78 Å². The van der Waals surface area contributed by atoms with Gasteiger partial charge in [-0.25, -0.2) is 0 Å². The highest BCUT2D eigenvalue weighted by Gasteiger charge is 2.81. The zero-order chi connectivity index (χ0) is 24.8. The van der Waals surface area contributed by atoms with Crippen molar-refractivity contribution in [3.05, 3.63) is 94.0 Å². The number of Topliss-reactive ketones (excluding diaryl/α,β-unsaturated/α-hetero) is 1. The lowest BCUT2D eigenvalue weighted by Crippen LogP contribution is -2.62. The van der Waals surface area contributed by atoms with Crippen molar-refractivity contribution in [3.8, 4) is 0 Å². The monoisotopic (exact) mass is 497 g/mol. The molecule has 2 spiro atoms. The number of hydrogen-bond donors (Lipinski definition) is 2. The molecule has 2 saturated heterocycles. The summed E-state index contributed by atoms with van der Waals surface area (Å²) in [5.41, 5.74) is 1.58. The van der Waals surface area contributed by atoms with E-state index in [1.165, 1.54) is 0 Å². The maximum atomic E-state index is 14.5. The molecule has 7 heteroatoms. The molecule has 180 valence electrons. The van der Waals surface area contributed by atoms with Crippen molar-refractivity contribution in [2.24, 2.45) is 5.92 Å². The highest BCUT2D eigenvalue weighted by Crippen LogP contribution is 2.67. The van der Waals surface area contributed by atoms with E-state index in [-0.39, 0.29) is 23.6 Å². The Labute approximate surface area is 213 Å². The lowest BCUT2D eigenvalue weighted by atomic mass is 9.57. The summed E-state index contributed by atoms with van der Waals surface area (Å²) in [5.74, 6) is -1.42. The molecule has 3 aromatic rings. The summed E-state index contributed by atoms with van der Waals surface area (Å²) in [6, 6.07) is 19.9. The van der Waals surface area contributed by atoms with Crippen LogP contribution in [0.5, 0.6) is 0 Å². The second-order valence-corrected chi connectivity index (χ2v) is 10.7. The molecule has 3 aromatic carbocycles. The first kappa shape index (κ1) is 21.8. The number of carbonyl (C=O) groups excluding carboxylic acids is 3. The van der Waals surface area contributed by atoms with Crippen molar-refractivity contribution in [2.45, 2.75) is 36.8 Å². The first-order valence-corrected chi connectivity index (χ1v) is 12.7. The minimum absolute atomic E-state index is 0.138. The van der Waals surface area contributed by atoms with Crippen molar-refractivity contribution in [2.75, 3.05) is 17.2 Å². The lowest BCUT2D eigenvalue weighted by molar-refractivity contribution is -0.137. The van der Waals surface area contributed by atoms with Gasteiger partial charge in [-0.15, -0.1) is 0 Å². The molecule has 2 fully saturated rings. The fourth-order valence-corrected chi connectivity index (χ4v) is 7.61. The summed E-state index contributed by atoms with van der Waals surface area (Å²) in [6.45, 7) is 2.62. The summed E-state index contributed by atoms with van der Waals surface area (Å²) < 4.78 is 0. The van der Waals surface area contributed by atoms with Gasteiger partial charge < -0.3 is 10.6 Å². The fraction of sp³-hybridized carbons (Fsp3) is 0.276. The van der Waals surface area contributed by atoms with Crippen molar-refractivity contribution in [3.63, 3.8) is 0 Å². The van der Waals surface area contributed by atoms with Crippen LogP contribution in [0.25, 0.3) is 0 Å². The van der Waals surface area contributed by atoms with Crippen LogP contribution in [-0.4, -0.2) is 35.1 Å². The number of hydrogen-bond acceptors (Lipinski definition) is 4. The molecular formula is C29H24ClN3O3. The number of para-hydroxylation sites is 1. The number of ketones is 1. The van der Waals surface area contributed by atoms with Gasteiger partial charge in [-0.3, -0.25) is 19.3 Å². The number of nitrogens with one attached hydrogen (secondary N) is 2. The predicted octanol–water partition coefficient (Wildman–Crippen LogP) is 4.66. The molecule has 6 nitrogen and oxygen atoms in total. The molecule has 0 aromatic heterocycles. The van der Waals surface area contributed by atoms with Crippen LogP contribution in [0.4, 0.5) is 11.4 Å². The van der Waals surface area contributed by atoms with Gasteiger partial charge in [0.25, 0.3) is 5.91 Å². The van der Waals surface area contributed by atoms with Gasteiger partial charge in [-0.05, 0) is 68.3 Å². The number of halogens is 1. The Morgan fingerprint density at radius 1 is 0.944 bits per heavy atom. The second-order valence-electron chi connectivity index (χ2n) is 10.3. The summed E-state index contributed by atoms with van der Waals surface area (Å²) in [6.07, 6.45) is 1.59. The zero-order valence-corrected chi connectivity index (χ0v) is 20.4. The molecule has 0 aliphatic carbocycles. The van der Waals surface area contributed by atoms with Crippen LogP contribution in [0, 0.1) is 12.8 Å². The van der Waals surface area contributed by atoms with Crippen LogP contribution in [0.15, 0.2) is 66.7 Å². The van der Waals surface area contributed by atoms with Gasteiger partial charge in [0, 0.05) is 33.6 Å². The summed E-state index contributed by atoms with van der Waals surface area (Å²) in [4.78, 5) is 45.3. The maximum Gasteiger partial charge on any atom is 0.251 e. The third-order valence-electron chi connectivity index (χ3n) is 8.66. The average Bonchev–Trinajstić information content (AvgIpc) is 3.58. The van der Waals surface area contributed by atoms with E-state index >= 15 is 0 Å². The highest BCUT2D eigenvalue weighted by atomic mass is 35.5. The quantitative estimate of drug-likeness (QED) is 0.505. The smallest absolute Gasteiger partial charge is 0.251 e. The average molecular weight is 498 g/mol. The van der Waals surface area contributed by atoms with E-state index in [4.69, 9.17) is 11.6 Å². The first-order valence-electron chi connectivity index (χ1n) is 12.3. The summed E-state index contributed by atoms with van der Waals surface area (Å²) in [5, 5.41) is 6.69. The van der Waals surface area contributed by atoms with Gasteiger partial charge in [-0.2, -0.15) is 0 Å². The van der Waals surface area contributed by atoms with Crippen LogP contribution in [-0.2, 0) is 20.5 Å². The van der Waals surface area contributed by atoms with Crippen molar-refractivity contribution < 1.29 is 14.4 Å². The van der Waals surface area contributed by atoms with Gasteiger partial charge >= 0.3 is 0 Å². The third kappa shape index (κ3) is 2.39. The molecule has 36 heavy (non-hydrogen) atoms. The Balaban J connectivity index is 1.59. The Kier molecular flexibility index (Phi) is 4.40. The first-order chi connectivity index (χ1) is 17.4. The van der Waals surface area contributed by atoms with Crippen LogP contribution >= 0.6 is 11.6 Å². The van der Waals surface area contributed by atoms with Crippen molar-refractivity contribution >= 4 is 40.6 Å². The van der Waals surface area contributed by atoms with Crippen LogP contribution in [0.3, 0.4) is 0 Å². The maximum absolute atomic E-state index is 14.5. The Morgan fingerprint density at radius 3 is 2.47 bits per heavy atom. The number of fused-ring (bicyclic) bond motifs is 7. The normalized spacial score (nSPS) is 29.8. The van der Waals surface area contributed by atoms with E-state index in [1.807, 2.05) is 49.4 Å². The van der Waals surface area contributed by atoms with Gasteiger partial charge in [0.1, 0.15) is 11.0 Å². The number of benzene rings is 3. The molecule has 2 amide bonds. The van der Waals surface area contributed by atoms with E-state index in [0.717, 1.165) is 24.0 Å². The van der Waals surface area contributed by atoms with E-state index in [2.05, 4.69) is 15.5 Å². The lowest BCUT2D eigenvalue weighted by Gasteiger charge is -2.43. The fourth-order valence-electron chi connectivity index (χ4n) is 7.49. The minimum atomic E-state index is -1.42. The van der Waals surface area contributed by atoms with E-state index in [9.17, 15) is 14.4 Å². The number of amides is 2. The standard InChI is InChI=1S/C29H24ClN3O3/c1-16-8-13-22-20(15-16)29(27(36)32-22)28(19-5-2-3-6-21(19)31-26(28)35)24(23-7-4-14-33(23)29)25(34)17-9-11-18(30)12-10-17/h2-3,5-6,8-13,15,23-24H,4,7,14H2,1H3,(H,31,35)(H,32,36). The Morgan fingerprint density at radius 2 is 1.67 bits per heavy atom. The number of rotatable bonds is 2. The predicted molar refractivity (Wildman–Crippen MR) is 137 cm³/mol. The SMILES string of the molecule is Cc1ccc2c(c1)C1(C(=O)N2)N2CCCC2C(C(=O)c2ccc(Cl)cc2)C12C(=O)Nc1ccccc12. The third-order valence-corrected chi connectivity index (χ3v) is 8.92. The summed E-state index contributed by atoms with van der Waals surface area (Å²) in [7, 11) is 0. The largest absolute Gasteiger partial charge is 0.325 e. The number of aryl methyl sites for hydroxylation is 1. The van der Waals surface area contributed by atoms with E-state index in [1.54, 1.807) is 24.3 Å². The molecule has 4 unspecified atom stereocenters. The highest BCUT2D eigenvalue weighted by molar-refractivity contribution is 6.30. The van der Waals surface area contributed by atoms with E-state index < -0.39 is 16.9 Å². The van der Waals surface area contributed by atoms with E-state index in [0.29, 0.717) is 34.1 Å². The van der Waals surface area contributed by atoms with Crippen molar-refractivity contribution in [1.82, 2.24) is 4.90 Å². The molecule has 0 radical (unpaired) electrons. The van der Waals surface area contributed by atoms with Gasteiger partial charge in [-0.1, -0.05) is 47.5 Å². The molecule has 0 bridgehead atoms. The molecule has 0 saturated carbocycles. The molecular weight excluding hydrogens is 474 g/mol. The Bertz CT molecular complexity index is 1490. The molecule has 4 aliphatic rings. The van der Waals surface area contributed by atoms with Crippen LogP contribution in [0.1, 0.15) is 39.9 Å². The van der Waals surface area contributed by atoms with Crippen molar-refractivity contribution in [1.29, 1.82) is 0 Å². The number of nitrogens with zero attached hydrogens (tertiary/aromatic N) is 1. The number of anilines is 2. The molecule has 4 aliphatic heterocycles. The minimum Gasteiger partial charge on any atom is -0.325 e. The van der Waals surface area contributed by atoms with Crippen LogP contribution < -0.4 is 10.6 Å². The van der Waals surface area contributed by atoms with Gasteiger partial charge in [0.05, 0.1) is 5.92 Å². The van der Waals surface area contributed by atoms with Gasteiger partial charge in [0.2, 0.25) is 5.91 Å². The summed E-state index contributed by atoms with van der Waals surface area (Å²) >= 11 is 6.13. The second kappa shape index (κ2) is 7.28. The molecule has 4 heterocycles. The topological polar surface area (TPSA) is 78.5 Å². The molecule has 7 rings (SSSR count). The molecule has 2 N–H and O–H groups in total. The van der Waals surface area contributed by atoms with Crippen LogP contribution in [0.2, 0.25) is 5.02 Å².